The molecule has 0 unspecified atom stereocenters. The number of halogens is 3. The molecule has 29 heavy (non-hydrogen) atoms. The first kappa shape index (κ1) is 20.9. The van der Waals surface area contributed by atoms with Gasteiger partial charge in [-0.15, -0.1) is 0 Å². The van der Waals surface area contributed by atoms with Crippen LogP contribution in [0.3, 0.4) is 0 Å². The SMILES string of the molecule is C[C@H](C(=O)Nc1cccc(C(F)(F)F)c1)N1CCN(C(=O)c2ccccc2)CC1. The van der Waals surface area contributed by atoms with E-state index in [1.54, 1.807) is 24.0 Å². The Morgan fingerprint density at radius 3 is 2.24 bits per heavy atom. The first-order valence-electron chi connectivity index (χ1n) is 9.32. The van der Waals surface area contributed by atoms with Crippen LogP contribution in [0.1, 0.15) is 22.8 Å². The van der Waals surface area contributed by atoms with Gasteiger partial charge in [0.2, 0.25) is 5.91 Å². The van der Waals surface area contributed by atoms with Crippen molar-refractivity contribution in [3.05, 3.63) is 65.7 Å². The predicted molar refractivity (Wildman–Crippen MR) is 103 cm³/mol. The highest BCUT2D eigenvalue weighted by molar-refractivity contribution is 5.95. The molecular formula is C21H22F3N3O2. The molecule has 2 aromatic rings. The summed E-state index contributed by atoms with van der Waals surface area (Å²) >= 11 is 0. The number of carbonyl (C=O) groups excluding carboxylic acids is 2. The van der Waals surface area contributed by atoms with Crippen molar-refractivity contribution >= 4 is 17.5 Å². The molecule has 1 saturated heterocycles. The zero-order valence-electron chi connectivity index (χ0n) is 15.9. The number of carbonyl (C=O) groups is 2. The second-order valence-corrected chi connectivity index (χ2v) is 6.94. The number of hydrogen-bond donors (Lipinski definition) is 1. The van der Waals surface area contributed by atoms with Crippen molar-refractivity contribution in [2.45, 2.75) is 19.1 Å². The van der Waals surface area contributed by atoms with Crippen LogP contribution in [0.5, 0.6) is 0 Å². The fourth-order valence-corrected chi connectivity index (χ4v) is 3.26. The lowest BCUT2D eigenvalue weighted by atomic mass is 10.1. The van der Waals surface area contributed by atoms with Crippen molar-refractivity contribution in [2.24, 2.45) is 0 Å². The molecular weight excluding hydrogens is 383 g/mol. The monoisotopic (exact) mass is 405 g/mol. The van der Waals surface area contributed by atoms with Crippen LogP contribution in [-0.2, 0) is 11.0 Å². The number of nitrogens with zero attached hydrogens (tertiary/aromatic N) is 2. The lowest BCUT2D eigenvalue weighted by Gasteiger charge is -2.37. The molecule has 2 amide bonds. The van der Waals surface area contributed by atoms with Crippen LogP contribution in [0.25, 0.3) is 0 Å². The summed E-state index contributed by atoms with van der Waals surface area (Å²) in [5.74, 6) is -0.432. The Labute approximate surface area is 167 Å². The van der Waals surface area contributed by atoms with Gasteiger partial charge in [0.15, 0.2) is 0 Å². The van der Waals surface area contributed by atoms with E-state index in [9.17, 15) is 22.8 Å². The molecule has 1 fully saturated rings. The zero-order valence-corrected chi connectivity index (χ0v) is 15.9. The van der Waals surface area contributed by atoms with Gasteiger partial charge in [0, 0.05) is 37.4 Å². The Morgan fingerprint density at radius 2 is 1.62 bits per heavy atom. The van der Waals surface area contributed by atoms with E-state index in [1.807, 2.05) is 23.1 Å². The van der Waals surface area contributed by atoms with Crippen LogP contribution in [-0.4, -0.2) is 53.8 Å². The molecule has 0 bridgehead atoms. The van der Waals surface area contributed by atoms with Crippen LogP contribution in [0, 0.1) is 0 Å². The van der Waals surface area contributed by atoms with Gasteiger partial charge in [-0.25, -0.2) is 0 Å². The summed E-state index contributed by atoms with van der Waals surface area (Å²) in [4.78, 5) is 28.6. The normalized spacial score (nSPS) is 16.3. The molecule has 1 heterocycles. The van der Waals surface area contributed by atoms with Gasteiger partial charge in [0.1, 0.15) is 0 Å². The molecule has 1 aliphatic rings. The molecule has 154 valence electrons. The quantitative estimate of drug-likeness (QED) is 0.847. The third kappa shape index (κ3) is 5.14. The highest BCUT2D eigenvalue weighted by atomic mass is 19.4. The lowest BCUT2D eigenvalue weighted by molar-refractivity contribution is -0.137. The molecule has 0 aromatic heterocycles. The van der Waals surface area contributed by atoms with Gasteiger partial charge in [-0.1, -0.05) is 24.3 Å². The summed E-state index contributed by atoms with van der Waals surface area (Å²) in [6, 6.07) is 13.0. The number of benzene rings is 2. The first-order chi connectivity index (χ1) is 13.8. The number of amides is 2. The summed E-state index contributed by atoms with van der Waals surface area (Å²) in [5, 5.41) is 2.55. The standard InChI is InChI=1S/C21H22F3N3O2/c1-15(19(28)25-18-9-5-8-17(14-18)21(22,23)24)26-10-12-27(13-11-26)20(29)16-6-3-2-4-7-16/h2-9,14-15H,10-13H2,1H3,(H,25,28)/t15-/m1/s1. The highest BCUT2D eigenvalue weighted by Gasteiger charge is 2.31. The number of nitrogens with one attached hydrogen (secondary N) is 1. The van der Waals surface area contributed by atoms with Crippen molar-refractivity contribution < 1.29 is 22.8 Å². The minimum atomic E-state index is -4.46. The summed E-state index contributed by atoms with van der Waals surface area (Å²) in [6.45, 7) is 3.69. The summed E-state index contributed by atoms with van der Waals surface area (Å²) in [5.41, 5.74) is -0.0816. The molecule has 0 aliphatic carbocycles. The summed E-state index contributed by atoms with van der Waals surface area (Å²) < 4.78 is 38.5. The van der Waals surface area contributed by atoms with Crippen molar-refractivity contribution in [3.8, 4) is 0 Å². The van der Waals surface area contributed by atoms with Crippen LogP contribution in [0.2, 0.25) is 0 Å². The van der Waals surface area contributed by atoms with E-state index >= 15 is 0 Å². The van der Waals surface area contributed by atoms with E-state index in [0.29, 0.717) is 31.7 Å². The van der Waals surface area contributed by atoms with Gasteiger partial charge in [0.05, 0.1) is 11.6 Å². The average Bonchev–Trinajstić information content (AvgIpc) is 2.73. The van der Waals surface area contributed by atoms with Gasteiger partial charge in [-0.3, -0.25) is 14.5 Å². The Hall–Kier alpha value is -2.87. The third-order valence-electron chi connectivity index (χ3n) is 5.01. The van der Waals surface area contributed by atoms with Crippen LogP contribution in [0.4, 0.5) is 18.9 Å². The molecule has 1 aliphatic heterocycles. The van der Waals surface area contributed by atoms with E-state index in [2.05, 4.69) is 5.32 Å². The summed E-state index contributed by atoms with van der Waals surface area (Å²) in [6.07, 6.45) is -4.46. The molecule has 8 heteroatoms. The van der Waals surface area contributed by atoms with Gasteiger partial charge < -0.3 is 10.2 Å². The molecule has 0 saturated carbocycles. The van der Waals surface area contributed by atoms with Crippen molar-refractivity contribution in [2.75, 3.05) is 31.5 Å². The average molecular weight is 405 g/mol. The minimum absolute atomic E-state index is 0.0497. The fraction of sp³-hybridized carbons (Fsp3) is 0.333. The lowest BCUT2D eigenvalue weighted by Crippen LogP contribution is -2.54. The highest BCUT2D eigenvalue weighted by Crippen LogP contribution is 2.30. The maximum atomic E-state index is 12.8. The Balaban J connectivity index is 1.56. The van der Waals surface area contributed by atoms with E-state index in [1.165, 1.54) is 12.1 Å². The topological polar surface area (TPSA) is 52.7 Å². The molecule has 2 aromatic carbocycles. The van der Waals surface area contributed by atoms with E-state index < -0.39 is 17.8 Å². The van der Waals surface area contributed by atoms with Crippen molar-refractivity contribution in [3.63, 3.8) is 0 Å². The van der Waals surface area contributed by atoms with Gasteiger partial charge in [0.25, 0.3) is 5.91 Å². The fourth-order valence-electron chi connectivity index (χ4n) is 3.26. The first-order valence-corrected chi connectivity index (χ1v) is 9.32. The molecule has 1 N–H and O–H groups in total. The van der Waals surface area contributed by atoms with Gasteiger partial charge in [-0.2, -0.15) is 13.2 Å². The largest absolute Gasteiger partial charge is 0.416 e. The second-order valence-electron chi connectivity index (χ2n) is 6.94. The van der Waals surface area contributed by atoms with Gasteiger partial charge >= 0.3 is 6.18 Å². The maximum absolute atomic E-state index is 12.8. The number of rotatable bonds is 4. The van der Waals surface area contributed by atoms with Crippen molar-refractivity contribution in [1.82, 2.24) is 9.80 Å². The Morgan fingerprint density at radius 1 is 0.966 bits per heavy atom. The second kappa shape index (κ2) is 8.65. The number of anilines is 1. The third-order valence-corrected chi connectivity index (χ3v) is 5.01. The van der Waals surface area contributed by atoms with Crippen molar-refractivity contribution in [1.29, 1.82) is 0 Å². The van der Waals surface area contributed by atoms with Crippen LogP contribution < -0.4 is 5.32 Å². The Bertz CT molecular complexity index is 863. The smallest absolute Gasteiger partial charge is 0.336 e. The maximum Gasteiger partial charge on any atom is 0.416 e. The minimum Gasteiger partial charge on any atom is -0.336 e. The molecule has 5 nitrogen and oxygen atoms in total. The number of hydrogen-bond acceptors (Lipinski definition) is 3. The van der Waals surface area contributed by atoms with Crippen LogP contribution >= 0.6 is 0 Å². The number of piperazine rings is 1. The Kier molecular flexibility index (Phi) is 6.22. The zero-order chi connectivity index (χ0) is 21.0. The molecule has 0 spiro atoms. The number of alkyl halides is 3. The molecule has 0 radical (unpaired) electrons. The van der Waals surface area contributed by atoms with E-state index in [-0.39, 0.29) is 17.5 Å². The molecule has 3 rings (SSSR count). The van der Waals surface area contributed by atoms with Crippen LogP contribution in [0.15, 0.2) is 54.6 Å². The van der Waals surface area contributed by atoms with Gasteiger partial charge in [-0.05, 0) is 37.3 Å². The van der Waals surface area contributed by atoms with E-state index in [0.717, 1.165) is 12.1 Å². The molecule has 1 atom stereocenters. The summed E-state index contributed by atoms with van der Waals surface area (Å²) in [7, 11) is 0. The predicted octanol–water partition coefficient (Wildman–Crippen LogP) is 3.49. The van der Waals surface area contributed by atoms with E-state index in [4.69, 9.17) is 0 Å².